The van der Waals surface area contributed by atoms with E-state index in [1.807, 2.05) is 0 Å². The van der Waals surface area contributed by atoms with Crippen LogP contribution in [0.25, 0.3) is 0 Å². The van der Waals surface area contributed by atoms with Crippen molar-refractivity contribution >= 4 is 9.84 Å². The molecular weight excluding hydrogens is 238 g/mol. The summed E-state index contributed by atoms with van der Waals surface area (Å²) >= 11 is 0. The smallest absolute Gasteiger partial charge is 0.153 e. The molecule has 2 rings (SSSR count). The molecule has 0 amide bonds. The Balaban J connectivity index is 2.11. The van der Waals surface area contributed by atoms with Gasteiger partial charge < -0.3 is 10.6 Å². The van der Waals surface area contributed by atoms with Crippen LogP contribution < -0.4 is 5.73 Å². The first-order valence-corrected chi connectivity index (χ1v) is 8.11. The second kappa shape index (κ2) is 4.84. The van der Waals surface area contributed by atoms with Crippen molar-refractivity contribution in [3.8, 4) is 0 Å². The van der Waals surface area contributed by atoms with Crippen LogP contribution in [0.3, 0.4) is 0 Å². The van der Waals surface area contributed by atoms with Crippen LogP contribution in [-0.2, 0) is 9.84 Å². The lowest BCUT2D eigenvalue weighted by Crippen LogP contribution is -2.52. The van der Waals surface area contributed by atoms with Gasteiger partial charge >= 0.3 is 0 Å². The Hall–Kier alpha value is -0.170. The molecule has 2 N–H and O–H groups in total. The van der Waals surface area contributed by atoms with Crippen molar-refractivity contribution in [2.24, 2.45) is 5.73 Å². The zero-order valence-electron chi connectivity index (χ0n) is 10.7. The van der Waals surface area contributed by atoms with Crippen LogP contribution in [0.5, 0.6) is 0 Å². The van der Waals surface area contributed by atoms with E-state index in [0.717, 1.165) is 26.1 Å². The summed E-state index contributed by atoms with van der Waals surface area (Å²) in [4.78, 5) is 4.61. The fourth-order valence-corrected chi connectivity index (χ4v) is 4.98. The van der Waals surface area contributed by atoms with Gasteiger partial charge in [-0.25, -0.2) is 8.42 Å². The molecule has 0 aromatic rings. The first kappa shape index (κ1) is 13.3. The van der Waals surface area contributed by atoms with Gasteiger partial charge in [-0.3, -0.25) is 4.90 Å². The third-order valence-corrected chi connectivity index (χ3v) is 5.63. The van der Waals surface area contributed by atoms with E-state index in [9.17, 15) is 8.42 Å². The van der Waals surface area contributed by atoms with Gasteiger partial charge in [0, 0.05) is 31.2 Å². The van der Waals surface area contributed by atoms with Crippen molar-refractivity contribution < 1.29 is 8.42 Å². The summed E-state index contributed by atoms with van der Waals surface area (Å²) in [6.45, 7) is 5.19. The minimum Gasteiger partial charge on any atom is -0.325 e. The molecule has 2 saturated heterocycles. The molecule has 2 aliphatic rings. The van der Waals surface area contributed by atoms with Crippen LogP contribution in [0.1, 0.15) is 13.3 Å². The molecule has 0 aromatic heterocycles. The lowest BCUT2D eigenvalue weighted by atomic mass is 10.1. The van der Waals surface area contributed by atoms with Crippen LogP contribution in [0.15, 0.2) is 0 Å². The molecule has 2 fully saturated rings. The summed E-state index contributed by atoms with van der Waals surface area (Å²) in [6.07, 6.45) is 1.09. The minimum atomic E-state index is -2.92. The van der Waals surface area contributed by atoms with Crippen LogP contribution in [0.2, 0.25) is 0 Å². The molecule has 0 radical (unpaired) electrons. The standard InChI is InChI=1S/C11H23N3O2S/c1-9-6-13(2)4-3-5-14(9)11-8-17(15,16)7-10(11)12/h9-11H,3-8,12H2,1-2H3. The molecule has 6 heteroatoms. The van der Waals surface area contributed by atoms with Gasteiger partial charge in [-0.15, -0.1) is 0 Å². The average Bonchev–Trinajstić information content (AvgIpc) is 2.36. The number of rotatable bonds is 1. The van der Waals surface area contributed by atoms with E-state index >= 15 is 0 Å². The largest absolute Gasteiger partial charge is 0.325 e. The summed E-state index contributed by atoms with van der Waals surface area (Å²) in [7, 11) is -0.807. The van der Waals surface area contributed by atoms with Crippen LogP contribution in [-0.4, -0.2) is 74.5 Å². The zero-order chi connectivity index (χ0) is 12.6. The number of sulfone groups is 1. The van der Waals surface area contributed by atoms with Crippen LogP contribution in [0, 0.1) is 0 Å². The molecule has 100 valence electrons. The first-order valence-electron chi connectivity index (χ1n) is 6.29. The first-order chi connectivity index (χ1) is 7.89. The highest BCUT2D eigenvalue weighted by Crippen LogP contribution is 2.21. The van der Waals surface area contributed by atoms with E-state index < -0.39 is 9.84 Å². The quantitative estimate of drug-likeness (QED) is 0.665. The summed E-state index contributed by atoms with van der Waals surface area (Å²) in [5.74, 6) is 0.388. The van der Waals surface area contributed by atoms with E-state index in [2.05, 4.69) is 23.8 Å². The Morgan fingerprint density at radius 1 is 1.24 bits per heavy atom. The van der Waals surface area contributed by atoms with Crippen molar-refractivity contribution in [1.29, 1.82) is 0 Å². The maximum atomic E-state index is 11.6. The topological polar surface area (TPSA) is 66.6 Å². The van der Waals surface area contributed by atoms with E-state index in [1.54, 1.807) is 0 Å². The molecule has 5 nitrogen and oxygen atoms in total. The number of hydrogen-bond acceptors (Lipinski definition) is 5. The normalized spacial score (nSPS) is 40.3. The van der Waals surface area contributed by atoms with Crippen molar-refractivity contribution in [2.45, 2.75) is 31.5 Å². The monoisotopic (exact) mass is 261 g/mol. The summed E-state index contributed by atoms with van der Waals surface area (Å²) in [6, 6.07) is 0.180. The third-order valence-electron chi connectivity index (χ3n) is 3.89. The number of hydrogen-bond donors (Lipinski definition) is 1. The van der Waals surface area contributed by atoms with E-state index in [0.29, 0.717) is 6.04 Å². The highest BCUT2D eigenvalue weighted by atomic mass is 32.2. The molecule has 0 saturated carbocycles. The van der Waals surface area contributed by atoms with Crippen molar-refractivity contribution in [3.63, 3.8) is 0 Å². The lowest BCUT2D eigenvalue weighted by Gasteiger charge is -2.34. The van der Waals surface area contributed by atoms with Crippen molar-refractivity contribution in [1.82, 2.24) is 9.80 Å². The van der Waals surface area contributed by atoms with E-state index in [1.165, 1.54) is 0 Å². The number of likely N-dealkylation sites (N-methyl/N-ethyl adjacent to an activating group) is 1. The Morgan fingerprint density at radius 2 is 1.94 bits per heavy atom. The Morgan fingerprint density at radius 3 is 2.53 bits per heavy atom. The van der Waals surface area contributed by atoms with Gasteiger partial charge in [0.25, 0.3) is 0 Å². The van der Waals surface area contributed by atoms with Gasteiger partial charge in [0.2, 0.25) is 0 Å². The number of nitrogens with two attached hydrogens (primary N) is 1. The van der Waals surface area contributed by atoms with Gasteiger partial charge in [0.1, 0.15) is 0 Å². The molecule has 0 bridgehead atoms. The maximum absolute atomic E-state index is 11.6. The van der Waals surface area contributed by atoms with Crippen molar-refractivity contribution in [2.75, 3.05) is 38.2 Å². The Bertz CT molecular complexity index is 371. The molecule has 0 aliphatic carbocycles. The minimum absolute atomic E-state index is 0.0153. The lowest BCUT2D eigenvalue weighted by molar-refractivity contribution is 0.145. The highest BCUT2D eigenvalue weighted by molar-refractivity contribution is 7.91. The van der Waals surface area contributed by atoms with Gasteiger partial charge in [0.05, 0.1) is 11.5 Å². The Labute approximate surface area is 104 Å². The van der Waals surface area contributed by atoms with Crippen molar-refractivity contribution in [3.05, 3.63) is 0 Å². The van der Waals surface area contributed by atoms with Gasteiger partial charge in [-0.2, -0.15) is 0 Å². The van der Waals surface area contributed by atoms with E-state index in [4.69, 9.17) is 5.73 Å². The predicted molar refractivity (Wildman–Crippen MR) is 68.7 cm³/mol. The summed E-state index contributed by atoms with van der Waals surface area (Å²) in [5, 5.41) is 0. The maximum Gasteiger partial charge on any atom is 0.153 e. The van der Waals surface area contributed by atoms with Gasteiger partial charge in [-0.05, 0) is 26.9 Å². The fourth-order valence-electron chi connectivity index (χ4n) is 3.08. The van der Waals surface area contributed by atoms with Gasteiger partial charge in [0.15, 0.2) is 9.84 Å². The van der Waals surface area contributed by atoms with Crippen LogP contribution in [0.4, 0.5) is 0 Å². The molecule has 3 atom stereocenters. The Kier molecular flexibility index (Phi) is 3.77. The summed E-state index contributed by atoms with van der Waals surface area (Å²) in [5.41, 5.74) is 6.00. The molecule has 3 unspecified atom stereocenters. The third kappa shape index (κ3) is 2.99. The summed E-state index contributed by atoms with van der Waals surface area (Å²) < 4.78 is 23.3. The fraction of sp³-hybridized carbons (Fsp3) is 1.00. The molecule has 17 heavy (non-hydrogen) atoms. The molecule has 0 spiro atoms. The molecule has 2 heterocycles. The molecule has 0 aromatic carbocycles. The predicted octanol–water partition coefficient (Wildman–Crippen LogP) is -0.863. The zero-order valence-corrected chi connectivity index (χ0v) is 11.5. The number of nitrogens with zero attached hydrogens (tertiary/aromatic N) is 2. The molecule has 2 aliphatic heterocycles. The van der Waals surface area contributed by atoms with Crippen LogP contribution >= 0.6 is 0 Å². The molecular formula is C11H23N3O2S. The second-order valence-corrected chi connectivity index (χ2v) is 7.66. The second-order valence-electron chi connectivity index (χ2n) is 5.51. The average molecular weight is 261 g/mol. The van der Waals surface area contributed by atoms with E-state index in [-0.39, 0.29) is 23.6 Å². The SMILES string of the molecule is CC1CN(C)CCCN1C1CS(=O)(=O)CC1N. The highest BCUT2D eigenvalue weighted by Gasteiger charge is 2.40. The van der Waals surface area contributed by atoms with Gasteiger partial charge in [-0.1, -0.05) is 0 Å².